The van der Waals surface area contributed by atoms with Crippen molar-refractivity contribution in [3.05, 3.63) is 0 Å². The molecule has 1 saturated carbocycles. The number of rotatable bonds is 1. The van der Waals surface area contributed by atoms with E-state index in [1.54, 1.807) is 0 Å². The Morgan fingerprint density at radius 2 is 1.81 bits per heavy atom. The number of thioether (sulfide) groups is 1. The van der Waals surface area contributed by atoms with Crippen LogP contribution in [0, 0.1) is 17.3 Å². The molecule has 1 spiro atoms. The van der Waals surface area contributed by atoms with E-state index in [0.717, 1.165) is 12.5 Å². The van der Waals surface area contributed by atoms with Crippen molar-refractivity contribution in [1.82, 2.24) is 0 Å². The van der Waals surface area contributed by atoms with Crippen molar-refractivity contribution in [1.29, 1.82) is 0 Å². The maximum atomic E-state index is 6.93. The van der Waals surface area contributed by atoms with Crippen LogP contribution in [-0.2, 0) is 4.74 Å². The monoisotopic (exact) mass is 311 g/mol. The van der Waals surface area contributed by atoms with Gasteiger partial charge in [0.05, 0.1) is 5.60 Å². The average Bonchev–Trinajstić information content (AvgIpc) is 2.86. The van der Waals surface area contributed by atoms with Crippen LogP contribution in [0.4, 0.5) is 0 Å². The maximum Gasteiger partial charge on any atom is 0.0783 e. The fourth-order valence-electron chi connectivity index (χ4n) is 4.81. The topological polar surface area (TPSA) is 35.2 Å². The zero-order chi connectivity index (χ0) is 15.1. The average molecular weight is 312 g/mol. The molecule has 0 bridgehead atoms. The maximum absolute atomic E-state index is 6.93. The summed E-state index contributed by atoms with van der Waals surface area (Å²) in [6.45, 7) is 8.11. The third-order valence-corrected chi connectivity index (χ3v) is 7.74. The normalized spacial score (nSPS) is 45.1. The van der Waals surface area contributed by atoms with Gasteiger partial charge in [0.15, 0.2) is 0 Å². The highest BCUT2D eigenvalue weighted by Gasteiger charge is 2.48. The van der Waals surface area contributed by atoms with Gasteiger partial charge in [-0.2, -0.15) is 11.8 Å². The first-order valence-electron chi connectivity index (χ1n) is 8.84. The van der Waals surface area contributed by atoms with E-state index in [4.69, 9.17) is 10.5 Å². The van der Waals surface area contributed by atoms with E-state index in [1.807, 2.05) is 0 Å². The van der Waals surface area contributed by atoms with Gasteiger partial charge in [0.1, 0.15) is 0 Å². The van der Waals surface area contributed by atoms with Crippen molar-refractivity contribution in [3.8, 4) is 0 Å². The van der Waals surface area contributed by atoms with Gasteiger partial charge in [-0.1, -0.05) is 20.8 Å². The van der Waals surface area contributed by atoms with Crippen molar-refractivity contribution in [3.63, 3.8) is 0 Å². The molecule has 0 aromatic carbocycles. The highest BCUT2D eigenvalue weighted by Crippen LogP contribution is 2.49. The quantitative estimate of drug-likeness (QED) is 0.787. The van der Waals surface area contributed by atoms with Crippen LogP contribution in [0.5, 0.6) is 0 Å². The zero-order valence-corrected chi connectivity index (χ0v) is 14.9. The summed E-state index contributed by atoms with van der Waals surface area (Å²) in [6, 6.07) is 0. The van der Waals surface area contributed by atoms with Crippen molar-refractivity contribution < 1.29 is 4.74 Å². The summed E-state index contributed by atoms with van der Waals surface area (Å²) >= 11 is 2.06. The van der Waals surface area contributed by atoms with E-state index in [1.165, 1.54) is 56.5 Å². The molecular weight excluding hydrogens is 278 g/mol. The lowest BCUT2D eigenvalue weighted by molar-refractivity contribution is -0.0979. The minimum Gasteiger partial charge on any atom is -0.374 e. The lowest BCUT2D eigenvalue weighted by Crippen LogP contribution is -2.55. The summed E-state index contributed by atoms with van der Waals surface area (Å²) in [5.74, 6) is 4.01. The van der Waals surface area contributed by atoms with Crippen LogP contribution >= 0.6 is 11.8 Å². The smallest absolute Gasteiger partial charge is 0.0783 e. The van der Waals surface area contributed by atoms with E-state index in [-0.39, 0.29) is 11.1 Å². The van der Waals surface area contributed by atoms with Gasteiger partial charge in [0, 0.05) is 17.9 Å². The van der Waals surface area contributed by atoms with Crippen LogP contribution in [0.25, 0.3) is 0 Å². The molecule has 0 aromatic heterocycles. The Morgan fingerprint density at radius 1 is 1.10 bits per heavy atom. The Labute approximate surface area is 135 Å². The van der Waals surface area contributed by atoms with Crippen molar-refractivity contribution in [2.45, 2.75) is 76.9 Å². The lowest BCUT2D eigenvalue weighted by atomic mass is 9.62. The predicted molar refractivity (Wildman–Crippen MR) is 91.7 cm³/mol. The first kappa shape index (κ1) is 16.1. The van der Waals surface area contributed by atoms with Crippen LogP contribution in [0.3, 0.4) is 0 Å². The summed E-state index contributed by atoms with van der Waals surface area (Å²) in [4.78, 5) is 0. The van der Waals surface area contributed by atoms with Gasteiger partial charge in [0.2, 0.25) is 0 Å². The van der Waals surface area contributed by atoms with Crippen LogP contribution in [0.15, 0.2) is 0 Å². The van der Waals surface area contributed by atoms with Crippen molar-refractivity contribution in [2.24, 2.45) is 23.0 Å². The van der Waals surface area contributed by atoms with E-state index in [0.29, 0.717) is 11.3 Å². The van der Waals surface area contributed by atoms with Crippen molar-refractivity contribution >= 4 is 11.8 Å². The van der Waals surface area contributed by atoms with Gasteiger partial charge in [-0.25, -0.2) is 0 Å². The standard InChI is InChI=1S/C18H33NOS/c1-16(2,3)14-4-7-18(19,8-5-14)15-6-10-20-17(12-15)9-11-21-13-17/h14-15H,4-13,19H2,1-3H3. The molecule has 21 heavy (non-hydrogen) atoms. The summed E-state index contributed by atoms with van der Waals surface area (Å²) in [6.07, 6.45) is 8.73. The van der Waals surface area contributed by atoms with E-state index >= 15 is 0 Å². The molecule has 2 N–H and O–H groups in total. The highest BCUT2D eigenvalue weighted by atomic mass is 32.2. The minimum absolute atomic E-state index is 0.0891. The van der Waals surface area contributed by atoms with Gasteiger partial charge in [0.25, 0.3) is 0 Å². The van der Waals surface area contributed by atoms with Gasteiger partial charge in [-0.05, 0) is 67.9 Å². The Balaban J connectivity index is 1.63. The molecule has 3 heteroatoms. The summed E-state index contributed by atoms with van der Waals surface area (Å²) in [5, 5.41) is 0. The number of ether oxygens (including phenoxy) is 1. The van der Waals surface area contributed by atoms with E-state index < -0.39 is 0 Å². The molecule has 122 valence electrons. The van der Waals surface area contributed by atoms with Crippen LogP contribution in [0.1, 0.15) is 65.7 Å². The molecule has 3 fully saturated rings. The lowest BCUT2D eigenvalue weighted by Gasteiger charge is -2.50. The molecule has 3 rings (SSSR count). The van der Waals surface area contributed by atoms with Gasteiger partial charge in [-0.3, -0.25) is 0 Å². The van der Waals surface area contributed by atoms with Crippen LogP contribution < -0.4 is 5.73 Å². The molecule has 0 aromatic rings. The number of nitrogens with two attached hydrogens (primary N) is 1. The molecular formula is C18H33NOS. The Hall–Kier alpha value is 0.270. The molecule has 2 aliphatic heterocycles. The van der Waals surface area contributed by atoms with Gasteiger partial charge >= 0.3 is 0 Å². The fraction of sp³-hybridized carbons (Fsp3) is 1.00. The second kappa shape index (κ2) is 5.72. The summed E-state index contributed by atoms with van der Waals surface area (Å²) in [7, 11) is 0. The predicted octanol–water partition coefficient (Wildman–Crippen LogP) is 4.22. The van der Waals surface area contributed by atoms with Gasteiger partial charge < -0.3 is 10.5 Å². The third-order valence-electron chi connectivity index (χ3n) is 6.51. The molecule has 2 saturated heterocycles. The molecule has 2 heterocycles. The van der Waals surface area contributed by atoms with E-state index in [2.05, 4.69) is 32.5 Å². The molecule has 1 aliphatic carbocycles. The second-order valence-electron chi connectivity index (χ2n) is 8.90. The van der Waals surface area contributed by atoms with Gasteiger partial charge in [-0.15, -0.1) is 0 Å². The van der Waals surface area contributed by atoms with Crippen molar-refractivity contribution in [2.75, 3.05) is 18.1 Å². The molecule has 3 aliphatic rings. The van der Waals surface area contributed by atoms with Crippen LogP contribution in [-0.4, -0.2) is 29.3 Å². The zero-order valence-electron chi connectivity index (χ0n) is 14.1. The molecule has 0 radical (unpaired) electrons. The molecule has 2 atom stereocenters. The number of hydrogen-bond acceptors (Lipinski definition) is 3. The fourth-order valence-corrected chi connectivity index (χ4v) is 6.19. The molecule has 2 nitrogen and oxygen atoms in total. The first-order chi connectivity index (χ1) is 9.83. The summed E-state index contributed by atoms with van der Waals surface area (Å²) < 4.78 is 6.19. The van der Waals surface area contributed by atoms with E-state index in [9.17, 15) is 0 Å². The number of hydrogen-bond donors (Lipinski definition) is 1. The Kier molecular flexibility index (Phi) is 4.40. The largest absolute Gasteiger partial charge is 0.374 e. The summed E-state index contributed by atoms with van der Waals surface area (Å²) in [5.41, 5.74) is 7.64. The SMILES string of the molecule is CC(C)(C)C1CCC(N)(C2CCOC3(CCSC3)C2)CC1. The molecule has 0 amide bonds. The Morgan fingerprint density at radius 3 is 2.38 bits per heavy atom. The molecule has 2 unspecified atom stereocenters. The third kappa shape index (κ3) is 3.30. The Bertz CT molecular complexity index is 362. The second-order valence-corrected chi connectivity index (χ2v) is 10.0. The first-order valence-corrected chi connectivity index (χ1v) is 9.99. The minimum atomic E-state index is 0.0891. The van der Waals surface area contributed by atoms with Crippen LogP contribution in [0.2, 0.25) is 0 Å². The highest BCUT2D eigenvalue weighted by molar-refractivity contribution is 7.99.